The molecular weight excluding hydrogens is 288 g/mol. The van der Waals surface area contributed by atoms with Gasteiger partial charge in [0.15, 0.2) is 9.84 Å². The van der Waals surface area contributed by atoms with Crippen LogP contribution in [-0.4, -0.2) is 24.7 Å². The zero-order chi connectivity index (χ0) is 14.0. The topological polar surface area (TPSA) is 71.4 Å². The Morgan fingerprint density at radius 1 is 1.26 bits per heavy atom. The molecular formula is C13H15ClO4S. The largest absolute Gasteiger partial charge is 0.481 e. The number of benzene rings is 1. The first kappa shape index (κ1) is 14.3. The van der Waals surface area contributed by atoms with Crippen LogP contribution in [0, 0.1) is 5.92 Å². The molecule has 1 aliphatic carbocycles. The van der Waals surface area contributed by atoms with E-state index >= 15 is 0 Å². The highest BCUT2D eigenvalue weighted by Gasteiger charge is 2.36. The van der Waals surface area contributed by atoms with Gasteiger partial charge >= 0.3 is 5.97 Å². The average Bonchev–Trinajstić information content (AvgIpc) is 2.39. The summed E-state index contributed by atoms with van der Waals surface area (Å²) in [5, 5.41) is 8.57. The molecule has 0 bridgehead atoms. The Balaban J connectivity index is 2.30. The lowest BCUT2D eigenvalue weighted by atomic mass is 9.89. The maximum Gasteiger partial charge on any atom is 0.306 e. The fourth-order valence-electron chi connectivity index (χ4n) is 2.51. The Hall–Kier alpha value is -1.07. The number of carboxylic acids is 1. The molecule has 1 aliphatic rings. The molecule has 2 rings (SSSR count). The van der Waals surface area contributed by atoms with Crippen molar-refractivity contribution in [3.8, 4) is 0 Å². The lowest BCUT2D eigenvalue weighted by molar-refractivity contribution is -0.142. The Kier molecular flexibility index (Phi) is 4.16. The van der Waals surface area contributed by atoms with Crippen molar-refractivity contribution in [3.05, 3.63) is 29.3 Å². The van der Waals surface area contributed by atoms with Gasteiger partial charge in [0.25, 0.3) is 0 Å². The zero-order valence-corrected chi connectivity index (χ0v) is 11.8. The Bertz CT molecular complexity index is 582. The first-order chi connectivity index (χ1) is 8.93. The fraction of sp³-hybridized carbons (Fsp3) is 0.462. The van der Waals surface area contributed by atoms with Crippen molar-refractivity contribution >= 4 is 27.4 Å². The van der Waals surface area contributed by atoms with E-state index in [-0.39, 0.29) is 16.3 Å². The number of hydrogen-bond donors (Lipinski definition) is 1. The smallest absolute Gasteiger partial charge is 0.306 e. The van der Waals surface area contributed by atoms with Crippen LogP contribution in [0.25, 0.3) is 0 Å². The van der Waals surface area contributed by atoms with Gasteiger partial charge in [0.2, 0.25) is 0 Å². The van der Waals surface area contributed by atoms with Gasteiger partial charge in [-0.2, -0.15) is 0 Å². The van der Waals surface area contributed by atoms with E-state index in [0.29, 0.717) is 19.3 Å². The SMILES string of the molecule is O=C(O)C1CCCC(S(=O)(=O)c2ccccc2Cl)C1. The monoisotopic (exact) mass is 302 g/mol. The number of hydrogen-bond acceptors (Lipinski definition) is 3. The first-order valence-corrected chi connectivity index (χ1v) is 8.06. The molecule has 0 amide bonds. The summed E-state index contributed by atoms with van der Waals surface area (Å²) in [5.41, 5.74) is 0. The van der Waals surface area contributed by atoms with Crippen LogP contribution >= 0.6 is 11.6 Å². The normalized spacial score (nSPS) is 24.1. The summed E-state index contributed by atoms with van der Waals surface area (Å²) >= 11 is 5.93. The summed E-state index contributed by atoms with van der Waals surface area (Å²) in [7, 11) is -3.55. The predicted octanol–water partition coefficient (Wildman–Crippen LogP) is 2.76. The summed E-state index contributed by atoms with van der Waals surface area (Å²) < 4.78 is 25.0. The number of carboxylic acid groups (broad SMARTS) is 1. The lowest BCUT2D eigenvalue weighted by Gasteiger charge is -2.26. The van der Waals surface area contributed by atoms with Crippen molar-refractivity contribution in [2.45, 2.75) is 35.8 Å². The molecule has 0 saturated heterocycles. The summed E-state index contributed by atoms with van der Waals surface area (Å²) in [4.78, 5) is 11.1. The van der Waals surface area contributed by atoms with E-state index < -0.39 is 27.0 Å². The Morgan fingerprint density at radius 3 is 2.58 bits per heavy atom. The molecule has 1 saturated carbocycles. The van der Waals surface area contributed by atoms with E-state index in [1.165, 1.54) is 12.1 Å². The Labute approximate surface area is 117 Å². The second-order valence-electron chi connectivity index (χ2n) is 4.80. The van der Waals surface area contributed by atoms with Gasteiger partial charge in [-0.25, -0.2) is 8.42 Å². The molecule has 0 spiro atoms. The Morgan fingerprint density at radius 2 is 1.95 bits per heavy atom. The van der Waals surface area contributed by atoms with E-state index in [2.05, 4.69) is 0 Å². The average molecular weight is 303 g/mol. The second-order valence-corrected chi connectivity index (χ2v) is 7.40. The molecule has 1 aromatic rings. The van der Waals surface area contributed by atoms with Crippen LogP contribution in [0.5, 0.6) is 0 Å². The van der Waals surface area contributed by atoms with Gasteiger partial charge in [-0.15, -0.1) is 0 Å². The highest BCUT2D eigenvalue weighted by molar-refractivity contribution is 7.92. The first-order valence-electron chi connectivity index (χ1n) is 6.14. The number of rotatable bonds is 3. The number of carbonyl (C=O) groups is 1. The molecule has 1 N–H and O–H groups in total. The minimum Gasteiger partial charge on any atom is -0.481 e. The molecule has 0 heterocycles. The van der Waals surface area contributed by atoms with Gasteiger partial charge in [-0.05, 0) is 31.4 Å². The molecule has 0 radical (unpaired) electrons. The van der Waals surface area contributed by atoms with E-state index in [4.69, 9.17) is 16.7 Å². The number of sulfone groups is 1. The van der Waals surface area contributed by atoms with Gasteiger partial charge in [-0.1, -0.05) is 30.2 Å². The van der Waals surface area contributed by atoms with Crippen molar-refractivity contribution in [2.24, 2.45) is 5.92 Å². The standard InChI is InChI=1S/C13H15ClO4S/c14-11-6-1-2-7-12(11)19(17,18)10-5-3-4-9(8-10)13(15)16/h1-2,6-7,9-10H,3-5,8H2,(H,15,16). The molecule has 6 heteroatoms. The van der Waals surface area contributed by atoms with Crippen molar-refractivity contribution in [1.82, 2.24) is 0 Å². The molecule has 0 aliphatic heterocycles. The summed E-state index contributed by atoms with van der Waals surface area (Å²) in [5.74, 6) is -1.49. The minimum atomic E-state index is -3.55. The zero-order valence-electron chi connectivity index (χ0n) is 10.3. The van der Waals surface area contributed by atoms with Crippen LogP contribution in [-0.2, 0) is 14.6 Å². The summed E-state index contributed by atoms with van der Waals surface area (Å²) in [6.07, 6.45) is 1.83. The highest BCUT2D eigenvalue weighted by atomic mass is 35.5. The predicted molar refractivity (Wildman–Crippen MR) is 72.0 cm³/mol. The van der Waals surface area contributed by atoms with Crippen LogP contribution in [0.15, 0.2) is 29.2 Å². The van der Waals surface area contributed by atoms with Crippen LogP contribution in [0.1, 0.15) is 25.7 Å². The van der Waals surface area contributed by atoms with E-state index in [1.807, 2.05) is 0 Å². The fourth-order valence-corrected chi connectivity index (χ4v) is 4.89. The molecule has 2 unspecified atom stereocenters. The molecule has 1 aromatic carbocycles. The number of aliphatic carboxylic acids is 1. The third-order valence-corrected chi connectivity index (χ3v) is 6.27. The molecule has 4 nitrogen and oxygen atoms in total. The molecule has 104 valence electrons. The van der Waals surface area contributed by atoms with E-state index in [1.54, 1.807) is 12.1 Å². The van der Waals surface area contributed by atoms with Crippen molar-refractivity contribution in [2.75, 3.05) is 0 Å². The van der Waals surface area contributed by atoms with Crippen molar-refractivity contribution < 1.29 is 18.3 Å². The van der Waals surface area contributed by atoms with Crippen LogP contribution in [0.2, 0.25) is 5.02 Å². The summed E-state index contributed by atoms with van der Waals surface area (Å²) in [6, 6.07) is 6.30. The van der Waals surface area contributed by atoms with Gasteiger partial charge in [0, 0.05) is 0 Å². The quantitative estimate of drug-likeness (QED) is 0.932. The van der Waals surface area contributed by atoms with Gasteiger partial charge in [0.05, 0.1) is 21.1 Å². The van der Waals surface area contributed by atoms with Crippen molar-refractivity contribution in [3.63, 3.8) is 0 Å². The molecule has 1 fully saturated rings. The van der Waals surface area contributed by atoms with Gasteiger partial charge < -0.3 is 5.11 Å². The lowest BCUT2D eigenvalue weighted by Crippen LogP contribution is -2.31. The van der Waals surface area contributed by atoms with Gasteiger partial charge in [0.1, 0.15) is 0 Å². The highest BCUT2D eigenvalue weighted by Crippen LogP contribution is 2.34. The van der Waals surface area contributed by atoms with Crippen LogP contribution in [0.3, 0.4) is 0 Å². The van der Waals surface area contributed by atoms with Gasteiger partial charge in [-0.3, -0.25) is 4.79 Å². The molecule has 2 atom stereocenters. The third kappa shape index (κ3) is 2.92. The van der Waals surface area contributed by atoms with Crippen LogP contribution in [0.4, 0.5) is 0 Å². The maximum absolute atomic E-state index is 12.5. The minimum absolute atomic E-state index is 0.104. The van der Waals surface area contributed by atoms with Crippen molar-refractivity contribution in [1.29, 1.82) is 0 Å². The van der Waals surface area contributed by atoms with E-state index in [0.717, 1.165) is 0 Å². The molecule has 19 heavy (non-hydrogen) atoms. The summed E-state index contributed by atoms with van der Waals surface area (Å²) in [6.45, 7) is 0. The second kappa shape index (κ2) is 5.51. The third-order valence-electron chi connectivity index (χ3n) is 3.56. The molecule has 0 aromatic heterocycles. The van der Waals surface area contributed by atoms with E-state index in [9.17, 15) is 13.2 Å². The number of halogens is 1. The maximum atomic E-state index is 12.5. The van der Waals surface area contributed by atoms with Crippen LogP contribution < -0.4 is 0 Å².